The minimum atomic E-state index is -5.01. The molecule has 0 fully saturated rings. The van der Waals surface area contributed by atoms with Crippen molar-refractivity contribution in [2.24, 2.45) is 0 Å². The van der Waals surface area contributed by atoms with E-state index in [1.54, 1.807) is 0 Å². The van der Waals surface area contributed by atoms with E-state index in [1.807, 2.05) is 18.2 Å². The van der Waals surface area contributed by atoms with Gasteiger partial charge in [0.25, 0.3) is 0 Å². The van der Waals surface area contributed by atoms with E-state index in [9.17, 15) is 43.2 Å². The fraction of sp³-hybridized carbons (Fsp3) is 0.624. The van der Waals surface area contributed by atoms with Gasteiger partial charge in [-0.25, -0.2) is 9.13 Å². The van der Waals surface area contributed by atoms with Crippen molar-refractivity contribution < 1.29 is 80.2 Å². The van der Waals surface area contributed by atoms with Gasteiger partial charge in [0.15, 0.2) is 12.2 Å². The molecule has 17 nitrogen and oxygen atoms in total. The van der Waals surface area contributed by atoms with Gasteiger partial charge in [-0.05, 0) is 154 Å². The minimum Gasteiger partial charge on any atom is -0.462 e. The van der Waals surface area contributed by atoms with Crippen LogP contribution in [0.15, 0.2) is 170 Å². The molecule has 0 aliphatic rings. The van der Waals surface area contributed by atoms with Gasteiger partial charge in [-0.15, -0.1) is 0 Å². The van der Waals surface area contributed by atoms with Crippen LogP contribution >= 0.6 is 15.6 Å². The topological polar surface area (TPSA) is 237 Å². The molecular weight excluding hydrogens is 1350 g/mol. The zero-order valence-electron chi connectivity index (χ0n) is 64.4. The second-order valence-corrected chi connectivity index (χ2v) is 28.4. The predicted molar refractivity (Wildman–Crippen MR) is 426 cm³/mol. The fourth-order valence-corrected chi connectivity index (χ4v) is 11.4. The van der Waals surface area contributed by atoms with E-state index in [1.165, 1.54) is 0 Å². The van der Waals surface area contributed by atoms with Gasteiger partial charge >= 0.3 is 39.5 Å². The first-order chi connectivity index (χ1) is 50.7. The summed E-state index contributed by atoms with van der Waals surface area (Å²) in [6, 6.07) is 0. The summed E-state index contributed by atoms with van der Waals surface area (Å²) in [5, 5.41) is 10.6. The Hall–Kier alpha value is -5.58. The van der Waals surface area contributed by atoms with Crippen LogP contribution in [0.25, 0.3) is 0 Å². The standard InChI is InChI=1S/C85H138O17P2/c1-5-9-13-17-21-25-29-33-36-38-39-41-44-47-50-54-58-62-66-70-83(88)96-76-81(102-85(90)72-68-64-60-56-52-48-42-35-31-27-23-19-15-11-7-3)78-100-104(93,94)98-74-79(86)73-97-103(91,92)99-77-80(101-84(89)71-67-63-59-55-51-45-32-28-24-20-16-12-8-4)75-95-82(87)69-65-61-57-53-49-46-43-40-37-34-30-26-22-18-14-10-6-2/h9-11,13-16,20-23,25-28,32-37,39,41-42,47,50,58,62,79-81,86H,5-8,12,17-19,24,29-31,38,40,43-46,48-49,51-57,59-61,63-78H2,1-4H3,(H,91,92)(H,93,94)/b13-9-,14-10-,15-11-,20-16-,25-21-,26-22-,27-23-,32-28-,36-33-,37-34-,41-39-,42-35-,50-47-,62-58-. The second kappa shape index (κ2) is 75.6. The van der Waals surface area contributed by atoms with Crippen LogP contribution in [0, 0.1) is 0 Å². The molecule has 0 radical (unpaired) electrons. The molecule has 0 saturated heterocycles. The third-order valence-electron chi connectivity index (χ3n) is 15.7. The summed E-state index contributed by atoms with van der Waals surface area (Å²) < 4.78 is 68.5. The molecule has 0 rings (SSSR count). The number of hydrogen-bond acceptors (Lipinski definition) is 15. The van der Waals surface area contributed by atoms with Crippen LogP contribution in [0.2, 0.25) is 0 Å². The molecule has 0 aliphatic heterocycles. The third kappa shape index (κ3) is 74.7. The van der Waals surface area contributed by atoms with E-state index < -0.39 is 97.5 Å². The second-order valence-electron chi connectivity index (χ2n) is 25.5. The molecule has 104 heavy (non-hydrogen) atoms. The highest BCUT2D eigenvalue weighted by Gasteiger charge is 2.30. The molecule has 0 aliphatic carbocycles. The molecule has 0 aromatic heterocycles. The fourth-order valence-electron chi connectivity index (χ4n) is 9.78. The molecule has 0 bridgehead atoms. The Morgan fingerprint density at radius 3 is 0.827 bits per heavy atom. The van der Waals surface area contributed by atoms with E-state index in [0.29, 0.717) is 32.1 Å². The zero-order chi connectivity index (χ0) is 76.0. The van der Waals surface area contributed by atoms with Crippen LogP contribution in [0.1, 0.15) is 285 Å². The maximum atomic E-state index is 13.1. The molecule has 0 spiro atoms. The van der Waals surface area contributed by atoms with Gasteiger partial charge in [-0.3, -0.25) is 37.3 Å². The molecule has 3 N–H and O–H groups in total. The molecule has 0 aromatic rings. The minimum absolute atomic E-state index is 0.0262. The highest BCUT2D eigenvalue weighted by molar-refractivity contribution is 7.47. The van der Waals surface area contributed by atoms with Crippen LogP contribution in [0.3, 0.4) is 0 Å². The lowest BCUT2D eigenvalue weighted by Gasteiger charge is -2.21. The number of ether oxygens (including phenoxy) is 4. The number of allylic oxidation sites excluding steroid dienone is 28. The number of carbonyl (C=O) groups excluding carboxylic acids is 4. The first-order valence-corrected chi connectivity index (χ1v) is 42.4. The molecule has 0 aromatic carbocycles. The Morgan fingerprint density at radius 2 is 0.519 bits per heavy atom. The summed E-state index contributed by atoms with van der Waals surface area (Å²) in [6.45, 7) is 4.32. The van der Waals surface area contributed by atoms with Crippen molar-refractivity contribution in [3.05, 3.63) is 170 Å². The number of esters is 4. The van der Waals surface area contributed by atoms with Crippen LogP contribution < -0.4 is 0 Å². The predicted octanol–water partition coefficient (Wildman–Crippen LogP) is 23.0. The Bertz CT molecular complexity index is 2640. The number of hydrogen-bond donors (Lipinski definition) is 3. The summed E-state index contributed by atoms with van der Waals surface area (Å²) >= 11 is 0. The number of aliphatic hydroxyl groups is 1. The number of rotatable bonds is 72. The molecule has 19 heteroatoms. The molecule has 0 heterocycles. The largest absolute Gasteiger partial charge is 0.472 e. The highest BCUT2D eigenvalue weighted by Crippen LogP contribution is 2.45. The molecule has 5 unspecified atom stereocenters. The lowest BCUT2D eigenvalue weighted by atomic mass is 10.1. The van der Waals surface area contributed by atoms with E-state index in [2.05, 4.69) is 180 Å². The van der Waals surface area contributed by atoms with Gasteiger partial charge < -0.3 is 33.8 Å². The number of phosphoric ester groups is 2. The summed E-state index contributed by atoms with van der Waals surface area (Å²) in [5.74, 6) is -2.33. The smallest absolute Gasteiger partial charge is 0.462 e. The Labute approximate surface area is 629 Å². The first-order valence-electron chi connectivity index (χ1n) is 39.4. The number of aliphatic hydroxyl groups excluding tert-OH is 1. The van der Waals surface area contributed by atoms with Crippen LogP contribution in [0.5, 0.6) is 0 Å². The number of carbonyl (C=O) groups is 4. The van der Waals surface area contributed by atoms with Crippen molar-refractivity contribution in [2.75, 3.05) is 39.6 Å². The van der Waals surface area contributed by atoms with Crippen molar-refractivity contribution in [1.29, 1.82) is 0 Å². The summed E-state index contributed by atoms with van der Waals surface area (Å²) in [6.07, 6.45) is 89.2. The maximum Gasteiger partial charge on any atom is 0.472 e. The van der Waals surface area contributed by atoms with E-state index in [-0.39, 0.29) is 25.7 Å². The van der Waals surface area contributed by atoms with Crippen LogP contribution in [-0.4, -0.2) is 96.7 Å². The van der Waals surface area contributed by atoms with Crippen molar-refractivity contribution >= 4 is 39.5 Å². The average molecular weight is 1490 g/mol. The van der Waals surface area contributed by atoms with Crippen LogP contribution in [-0.2, 0) is 65.4 Å². The Balaban J connectivity index is 5.45. The lowest BCUT2D eigenvalue weighted by molar-refractivity contribution is -0.161. The lowest BCUT2D eigenvalue weighted by Crippen LogP contribution is -2.30. The molecule has 0 saturated carbocycles. The number of phosphoric acid groups is 2. The Kier molecular flexibility index (Phi) is 71.6. The first kappa shape index (κ1) is 98.4. The quantitative estimate of drug-likeness (QED) is 0.0169. The summed E-state index contributed by atoms with van der Waals surface area (Å²) in [5.41, 5.74) is 0. The average Bonchev–Trinajstić information content (AvgIpc) is 0.911. The maximum absolute atomic E-state index is 13.1. The molecule has 0 amide bonds. The van der Waals surface area contributed by atoms with E-state index in [0.717, 1.165) is 199 Å². The van der Waals surface area contributed by atoms with Crippen molar-refractivity contribution in [3.63, 3.8) is 0 Å². The zero-order valence-corrected chi connectivity index (χ0v) is 66.2. The van der Waals surface area contributed by atoms with Gasteiger partial charge in [0, 0.05) is 25.7 Å². The summed E-state index contributed by atoms with van der Waals surface area (Å²) in [4.78, 5) is 73.0. The van der Waals surface area contributed by atoms with Gasteiger partial charge in [-0.1, -0.05) is 275 Å². The SMILES string of the molecule is CC/C=C\C/C=C\C/C=C\C/C=C\C/C=C\C/C=C\CCC(=O)OCC(COP(=O)(O)OCC(O)COP(=O)(O)OCC(COC(=O)CCCCCCCCC/C=C\C/C=C\C/C=C\CC)OC(=O)CCCCCCC/C=C\C/C=C\CCC)OC(=O)CCCCCCC/C=C\C/C=C\C/C=C\CC. The highest BCUT2D eigenvalue weighted by atomic mass is 31.2. The molecule has 5 atom stereocenters. The van der Waals surface area contributed by atoms with Gasteiger partial charge in [-0.2, -0.15) is 0 Å². The third-order valence-corrected chi connectivity index (χ3v) is 17.6. The summed E-state index contributed by atoms with van der Waals surface area (Å²) in [7, 11) is -10.0. The molecular formula is C85H138O17P2. The van der Waals surface area contributed by atoms with Gasteiger partial charge in [0.2, 0.25) is 0 Å². The number of unbranched alkanes of at least 4 members (excludes halogenated alkanes) is 18. The monoisotopic (exact) mass is 1490 g/mol. The van der Waals surface area contributed by atoms with Crippen molar-refractivity contribution in [1.82, 2.24) is 0 Å². The van der Waals surface area contributed by atoms with Crippen LogP contribution in [0.4, 0.5) is 0 Å². The normalized spacial score (nSPS) is 14.8. The van der Waals surface area contributed by atoms with Crippen molar-refractivity contribution in [3.8, 4) is 0 Å². The molecule has 590 valence electrons. The van der Waals surface area contributed by atoms with E-state index >= 15 is 0 Å². The van der Waals surface area contributed by atoms with Crippen molar-refractivity contribution in [2.45, 2.75) is 303 Å². The Morgan fingerprint density at radius 1 is 0.279 bits per heavy atom. The van der Waals surface area contributed by atoms with Gasteiger partial charge in [0.05, 0.1) is 26.4 Å². The van der Waals surface area contributed by atoms with Gasteiger partial charge in [0.1, 0.15) is 19.3 Å². The van der Waals surface area contributed by atoms with E-state index in [4.69, 9.17) is 37.0 Å².